The molecule has 5 heteroatoms. The maximum atomic E-state index is 13.1. The number of benzene rings is 3. The Balaban J connectivity index is 1.84. The summed E-state index contributed by atoms with van der Waals surface area (Å²) in [6.07, 6.45) is 1.84. The Bertz CT molecular complexity index is 1090. The third-order valence-corrected chi connectivity index (χ3v) is 5.65. The highest BCUT2D eigenvalue weighted by Gasteiger charge is 2.30. The van der Waals surface area contributed by atoms with Gasteiger partial charge in [0.1, 0.15) is 0 Å². The zero-order chi connectivity index (χ0) is 18.7. The highest BCUT2D eigenvalue weighted by atomic mass is 32.2. The average molecular weight is 374 g/mol. The van der Waals surface area contributed by atoms with Gasteiger partial charge in [-0.05, 0) is 17.2 Å². The van der Waals surface area contributed by atoms with Crippen molar-refractivity contribution in [1.82, 2.24) is 4.31 Å². The van der Waals surface area contributed by atoms with Crippen molar-refractivity contribution in [2.24, 2.45) is 4.40 Å². The Labute approximate surface area is 159 Å². The lowest BCUT2D eigenvalue weighted by Gasteiger charge is -2.28. The van der Waals surface area contributed by atoms with Crippen molar-refractivity contribution in [2.75, 3.05) is 0 Å². The third-order valence-electron chi connectivity index (χ3n) is 4.34. The minimum atomic E-state index is -3.86. The maximum Gasteiger partial charge on any atom is 0.345 e. The smallest absolute Gasteiger partial charge is 0.247 e. The lowest BCUT2D eigenvalue weighted by atomic mass is 10.1. The summed E-state index contributed by atoms with van der Waals surface area (Å²) in [5.41, 5.74) is 3.57. The lowest BCUT2D eigenvalue weighted by molar-refractivity contribution is 0.508. The van der Waals surface area contributed by atoms with E-state index in [0.717, 1.165) is 16.7 Å². The molecule has 0 aliphatic carbocycles. The molecule has 0 saturated heterocycles. The van der Waals surface area contributed by atoms with Gasteiger partial charge in [-0.25, -0.2) is 4.31 Å². The van der Waals surface area contributed by atoms with E-state index in [2.05, 4.69) is 4.40 Å². The fourth-order valence-corrected chi connectivity index (χ4v) is 4.25. The molecule has 0 N–H and O–H groups in total. The first-order valence-corrected chi connectivity index (χ1v) is 10.0. The minimum Gasteiger partial charge on any atom is -0.247 e. The van der Waals surface area contributed by atoms with E-state index in [-0.39, 0.29) is 6.54 Å². The van der Waals surface area contributed by atoms with Gasteiger partial charge in [-0.15, -0.1) is 4.40 Å². The summed E-state index contributed by atoms with van der Waals surface area (Å²) in [6, 6.07) is 28.4. The van der Waals surface area contributed by atoms with Gasteiger partial charge in [0.25, 0.3) is 0 Å². The summed E-state index contributed by atoms with van der Waals surface area (Å²) < 4.78 is 31.5. The van der Waals surface area contributed by atoms with Crippen molar-refractivity contribution in [1.29, 1.82) is 0 Å². The summed E-state index contributed by atoms with van der Waals surface area (Å²) in [6.45, 7) is 0.232. The van der Waals surface area contributed by atoms with E-state index < -0.39 is 10.2 Å². The Hall–Kier alpha value is -3.18. The first kappa shape index (κ1) is 17.2. The topological polar surface area (TPSA) is 49.7 Å². The summed E-state index contributed by atoms with van der Waals surface area (Å²) in [5.74, 6) is 0. The van der Waals surface area contributed by atoms with Gasteiger partial charge in [0.15, 0.2) is 0 Å². The van der Waals surface area contributed by atoms with Crippen LogP contribution in [0, 0.1) is 0 Å². The first-order valence-electron chi connectivity index (χ1n) is 8.62. The molecule has 1 heterocycles. The van der Waals surface area contributed by atoms with Gasteiger partial charge >= 0.3 is 10.2 Å². The molecule has 4 rings (SSSR count). The number of hydrogen-bond donors (Lipinski definition) is 0. The van der Waals surface area contributed by atoms with Crippen molar-refractivity contribution in [3.63, 3.8) is 0 Å². The molecule has 0 saturated carbocycles. The molecule has 3 aromatic rings. The van der Waals surface area contributed by atoms with E-state index >= 15 is 0 Å². The first-order chi connectivity index (χ1) is 13.1. The number of hydrogen-bond acceptors (Lipinski definition) is 2. The van der Waals surface area contributed by atoms with Gasteiger partial charge in [-0.2, -0.15) is 8.42 Å². The van der Waals surface area contributed by atoms with Gasteiger partial charge in [-0.1, -0.05) is 91.0 Å². The zero-order valence-electron chi connectivity index (χ0n) is 14.6. The highest BCUT2D eigenvalue weighted by Crippen LogP contribution is 2.30. The second kappa shape index (κ2) is 7.21. The molecule has 1 aliphatic heterocycles. The summed E-state index contributed by atoms with van der Waals surface area (Å²) in [4.78, 5) is 0. The molecular formula is C22H18N2O2S. The summed E-state index contributed by atoms with van der Waals surface area (Å²) in [5, 5.41) is 0. The Morgan fingerprint density at radius 2 is 1.22 bits per heavy atom. The van der Waals surface area contributed by atoms with E-state index in [1.165, 1.54) is 4.31 Å². The van der Waals surface area contributed by atoms with Gasteiger partial charge in [0.2, 0.25) is 0 Å². The second-order valence-electron chi connectivity index (χ2n) is 6.21. The van der Waals surface area contributed by atoms with E-state index in [1.54, 1.807) is 0 Å². The van der Waals surface area contributed by atoms with Crippen LogP contribution in [0.1, 0.15) is 16.7 Å². The predicted molar refractivity (Wildman–Crippen MR) is 108 cm³/mol. The van der Waals surface area contributed by atoms with Gasteiger partial charge in [0, 0.05) is 5.56 Å². The van der Waals surface area contributed by atoms with Crippen LogP contribution in [-0.2, 0) is 16.8 Å². The van der Waals surface area contributed by atoms with Gasteiger partial charge in [-0.3, -0.25) is 0 Å². The highest BCUT2D eigenvalue weighted by molar-refractivity contribution is 7.88. The number of rotatable bonds is 4. The van der Waals surface area contributed by atoms with Crippen molar-refractivity contribution in [3.8, 4) is 0 Å². The van der Waals surface area contributed by atoms with E-state index in [9.17, 15) is 8.42 Å². The van der Waals surface area contributed by atoms with E-state index in [0.29, 0.717) is 11.4 Å². The summed E-state index contributed by atoms with van der Waals surface area (Å²) in [7, 11) is -3.86. The lowest BCUT2D eigenvalue weighted by Crippen LogP contribution is -2.32. The Morgan fingerprint density at radius 1 is 0.704 bits per heavy atom. The molecule has 0 radical (unpaired) electrons. The molecule has 3 aromatic carbocycles. The van der Waals surface area contributed by atoms with Crippen LogP contribution in [0.4, 0.5) is 0 Å². The van der Waals surface area contributed by atoms with Crippen LogP contribution in [-0.4, -0.2) is 18.4 Å². The molecular weight excluding hydrogens is 356 g/mol. The molecule has 0 spiro atoms. The standard InChI is InChI=1S/C22H18N2O2S/c25-27(26)23-21(19-12-6-2-7-13-19)16-22(20-14-8-3-9-15-20)24(27)17-18-10-4-1-5-11-18/h1-16H,17H2. The van der Waals surface area contributed by atoms with Crippen molar-refractivity contribution in [3.05, 3.63) is 114 Å². The predicted octanol–water partition coefficient (Wildman–Crippen LogP) is 4.28. The largest absolute Gasteiger partial charge is 0.345 e. The van der Waals surface area contributed by atoms with Crippen LogP contribution in [0.15, 0.2) is 101 Å². The summed E-state index contributed by atoms with van der Waals surface area (Å²) >= 11 is 0. The second-order valence-corrected chi connectivity index (χ2v) is 7.73. The normalized spacial score (nSPS) is 15.8. The van der Waals surface area contributed by atoms with E-state index in [4.69, 9.17) is 0 Å². The quantitative estimate of drug-likeness (QED) is 0.684. The van der Waals surface area contributed by atoms with Crippen molar-refractivity contribution in [2.45, 2.75) is 6.54 Å². The van der Waals surface area contributed by atoms with Crippen LogP contribution in [0.2, 0.25) is 0 Å². The zero-order valence-corrected chi connectivity index (χ0v) is 15.4. The van der Waals surface area contributed by atoms with Crippen LogP contribution in [0.5, 0.6) is 0 Å². The molecule has 27 heavy (non-hydrogen) atoms. The fraction of sp³-hybridized carbons (Fsp3) is 0.0455. The number of allylic oxidation sites excluding steroid dienone is 1. The van der Waals surface area contributed by atoms with Gasteiger partial charge in [0.05, 0.1) is 18.0 Å². The SMILES string of the molecule is O=S1(=O)N=C(c2ccccc2)C=C(c2ccccc2)N1Cc1ccccc1. The Kier molecular flexibility index (Phi) is 4.60. The molecule has 0 aromatic heterocycles. The Morgan fingerprint density at radius 3 is 1.81 bits per heavy atom. The third kappa shape index (κ3) is 3.68. The van der Waals surface area contributed by atoms with Crippen LogP contribution < -0.4 is 0 Å². The van der Waals surface area contributed by atoms with E-state index in [1.807, 2.05) is 97.1 Å². The number of nitrogens with zero attached hydrogens (tertiary/aromatic N) is 2. The molecule has 134 valence electrons. The molecule has 4 nitrogen and oxygen atoms in total. The average Bonchev–Trinajstić information content (AvgIpc) is 2.71. The molecule has 0 atom stereocenters. The van der Waals surface area contributed by atoms with Crippen LogP contribution in [0.3, 0.4) is 0 Å². The fourth-order valence-electron chi connectivity index (χ4n) is 3.02. The molecule has 0 bridgehead atoms. The van der Waals surface area contributed by atoms with Gasteiger partial charge < -0.3 is 0 Å². The molecule has 1 aliphatic rings. The van der Waals surface area contributed by atoms with Crippen LogP contribution >= 0.6 is 0 Å². The monoisotopic (exact) mass is 374 g/mol. The van der Waals surface area contributed by atoms with Crippen molar-refractivity contribution >= 4 is 21.6 Å². The molecule has 0 amide bonds. The minimum absolute atomic E-state index is 0.232. The van der Waals surface area contributed by atoms with Crippen molar-refractivity contribution < 1.29 is 8.42 Å². The molecule has 0 unspecified atom stereocenters. The molecule has 0 fully saturated rings. The maximum absolute atomic E-state index is 13.1. The van der Waals surface area contributed by atoms with Crippen LogP contribution in [0.25, 0.3) is 5.70 Å².